The van der Waals surface area contributed by atoms with E-state index in [9.17, 15) is 0 Å². The first kappa shape index (κ1) is 14.7. The Morgan fingerprint density at radius 1 is 0.480 bits per heavy atom. The van der Waals surface area contributed by atoms with Crippen LogP contribution in [0.5, 0.6) is 0 Å². The van der Waals surface area contributed by atoms with Crippen molar-refractivity contribution in [3.05, 3.63) is 95.5 Å². The van der Waals surface area contributed by atoms with Crippen LogP contribution in [0.3, 0.4) is 0 Å². The van der Waals surface area contributed by atoms with Crippen molar-refractivity contribution in [2.45, 2.75) is 0 Å². The van der Waals surface area contributed by atoms with E-state index in [2.05, 4.69) is 107 Å². The molecule has 0 aliphatic rings. The van der Waals surface area contributed by atoms with Crippen LogP contribution in [0.4, 0.5) is 0 Å². The van der Waals surface area contributed by atoms with E-state index >= 15 is 0 Å². The molecule has 5 rings (SSSR count). The molecule has 0 radical (unpaired) electrons. The molecule has 0 fully saturated rings. The Hall–Kier alpha value is -2.64. The van der Waals surface area contributed by atoms with E-state index in [1.54, 1.807) is 0 Å². The van der Waals surface area contributed by atoms with Crippen molar-refractivity contribution in [2.24, 2.45) is 0 Å². The normalized spacial score (nSPS) is 11.4. The molecule has 25 heavy (non-hydrogen) atoms. The van der Waals surface area contributed by atoms with Gasteiger partial charge in [0.25, 0.3) is 0 Å². The highest BCUT2D eigenvalue weighted by Gasteiger charge is 2.10. The Kier molecular flexibility index (Phi) is 3.36. The molecule has 0 aliphatic carbocycles. The molecular weight excluding hydrogens is 368 g/mol. The van der Waals surface area contributed by atoms with E-state index in [0.717, 1.165) is 4.47 Å². The van der Waals surface area contributed by atoms with Crippen molar-refractivity contribution in [1.29, 1.82) is 0 Å². The van der Waals surface area contributed by atoms with Crippen molar-refractivity contribution < 1.29 is 0 Å². The number of rotatable bonds is 1. The molecule has 1 heteroatoms. The minimum Gasteiger partial charge on any atom is -0.0616 e. The van der Waals surface area contributed by atoms with Crippen LogP contribution in [0.1, 0.15) is 0 Å². The van der Waals surface area contributed by atoms with E-state index in [4.69, 9.17) is 0 Å². The number of benzene rings is 5. The highest BCUT2D eigenvalue weighted by atomic mass is 79.9. The molecule has 0 N–H and O–H groups in total. The maximum atomic E-state index is 3.61. The van der Waals surface area contributed by atoms with Gasteiger partial charge in [-0.25, -0.2) is 0 Å². The largest absolute Gasteiger partial charge is 0.0616 e. The van der Waals surface area contributed by atoms with Crippen molar-refractivity contribution in [3.63, 3.8) is 0 Å². The summed E-state index contributed by atoms with van der Waals surface area (Å²) < 4.78 is 1.11. The van der Waals surface area contributed by atoms with Crippen LogP contribution in [-0.4, -0.2) is 0 Å². The minimum atomic E-state index is 1.11. The standard InChI is InChI=1S/C24H15Br/c25-21-11-12-23-20(15-21)14-18-7-3-4-8-22(18)24(23)19-10-9-16-5-1-2-6-17(16)13-19/h1-15H. The van der Waals surface area contributed by atoms with Gasteiger partial charge in [0.2, 0.25) is 0 Å². The van der Waals surface area contributed by atoms with Crippen LogP contribution in [0.2, 0.25) is 0 Å². The zero-order valence-corrected chi connectivity index (χ0v) is 15.1. The van der Waals surface area contributed by atoms with E-state index in [1.165, 1.54) is 43.4 Å². The molecule has 0 heterocycles. The zero-order chi connectivity index (χ0) is 16.8. The van der Waals surface area contributed by atoms with Crippen molar-refractivity contribution in [2.75, 3.05) is 0 Å². The summed E-state index contributed by atoms with van der Waals surface area (Å²) in [5.41, 5.74) is 2.58. The first-order valence-corrected chi connectivity index (χ1v) is 9.19. The average Bonchev–Trinajstić information content (AvgIpc) is 2.65. The zero-order valence-electron chi connectivity index (χ0n) is 13.5. The maximum absolute atomic E-state index is 3.61. The Labute approximate surface area is 154 Å². The minimum absolute atomic E-state index is 1.11. The van der Waals surface area contributed by atoms with Crippen LogP contribution >= 0.6 is 15.9 Å². The molecule has 0 atom stereocenters. The summed E-state index contributed by atoms with van der Waals surface area (Å²) in [5.74, 6) is 0. The topological polar surface area (TPSA) is 0 Å². The molecule has 0 aliphatic heterocycles. The summed E-state index contributed by atoms with van der Waals surface area (Å²) in [6.07, 6.45) is 0. The van der Waals surface area contributed by atoms with Crippen LogP contribution < -0.4 is 0 Å². The number of fused-ring (bicyclic) bond motifs is 3. The van der Waals surface area contributed by atoms with E-state index < -0.39 is 0 Å². The van der Waals surface area contributed by atoms with Crippen LogP contribution in [0, 0.1) is 0 Å². The van der Waals surface area contributed by atoms with Gasteiger partial charge >= 0.3 is 0 Å². The van der Waals surface area contributed by atoms with Gasteiger partial charge in [0, 0.05) is 4.47 Å². The maximum Gasteiger partial charge on any atom is 0.0181 e. The molecule has 0 saturated heterocycles. The van der Waals surface area contributed by atoms with Gasteiger partial charge in [-0.2, -0.15) is 0 Å². The fraction of sp³-hybridized carbons (Fsp3) is 0. The van der Waals surface area contributed by atoms with E-state index in [1.807, 2.05) is 0 Å². The lowest BCUT2D eigenvalue weighted by atomic mass is 9.91. The first-order chi connectivity index (χ1) is 12.3. The van der Waals surface area contributed by atoms with E-state index in [-0.39, 0.29) is 0 Å². The van der Waals surface area contributed by atoms with Gasteiger partial charge in [-0.15, -0.1) is 0 Å². The van der Waals surface area contributed by atoms with Crippen molar-refractivity contribution >= 4 is 48.2 Å². The smallest absolute Gasteiger partial charge is 0.0181 e. The average molecular weight is 383 g/mol. The SMILES string of the molecule is Brc1ccc2c(-c3ccc4ccccc4c3)c3ccccc3cc2c1. The van der Waals surface area contributed by atoms with Gasteiger partial charge in [0.1, 0.15) is 0 Å². The second-order valence-corrected chi connectivity index (χ2v) is 7.32. The molecule has 0 aromatic heterocycles. The van der Waals surface area contributed by atoms with Crippen LogP contribution in [-0.2, 0) is 0 Å². The molecule has 118 valence electrons. The Balaban J connectivity index is 1.94. The predicted octanol–water partition coefficient (Wildman–Crippen LogP) is 7.58. The summed E-state index contributed by atoms with van der Waals surface area (Å²) >= 11 is 3.61. The number of hydrogen-bond acceptors (Lipinski definition) is 0. The summed E-state index contributed by atoms with van der Waals surface area (Å²) in [4.78, 5) is 0. The Morgan fingerprint density at radius 3 is 2.08 bits per heavy atom. The van der Waals surface area contributed by atoms with Gasteiger partial charge in [-0.05, 0) is 67.7 Å². The molecule has 5 aromatic carbocycles. The molecule has 5 aromatic rings. The third kappa shape index (κ3) is 2.43. The lowest BCUT2D eigenvalue weighted by molar-refractivity contribution is 1.68. The van der Waals surface area contributed by atoms with Gasteiger partial charge in [-0.1, -0.05) is 82.7 Å². The highest BCUT2D eigenvalue weighted by molar-refractivity contribution is 9.10. The summed E-state index contributed by atoms with van der Waals surface area (Å²) in [7, 11) is 0. The third-order valence-corrected chi connectivity index (χ3v) is 5.36. The monoisotopic (exact) mass is 382 g/mol. The van der Waals surface area contributed by atoms with Crippen LogP contribution in [0.15, 0.2) is 95.5 Å². The molecule has 0 unspecified atom stereocenters. The second-order valence-electron chi connectivity index (χ2n) is 6.40. The fourth-order valence-electron chi connectivity index (χ4n) is 3.70. The highest BCUT2D eigenvalue weighted by Crippen LogP contribution is 2.38. The molecule has 0 spiro atoms. The summed E-state index contributed by atoms with van der Waals surface area (Å²) in [6, 6.07) is 32.8. The summed E-state index contributed by atoms with van der Waals surface area (Å²) in [6.45, 7) is 0. The van der Waals surface area contributed by atoms with Gasteiger partial charge in [0.15, 0.2) is 0 Å². The second kappa shape index (κ2) is 5.72. The van der Waals surface area contributed by atoms with E-state index in [0.29, 0.717) is 0 Å². The van der Waals surface area contributed by atoms with Gasteiger partial charge in [-0.3, -0.25) is 0 Å². The summed E-state index contributed by atoms with van der Waals surface area (Å²) in [5, 5.41) is 7.68. The lowest BCUT2D eigenvalue weighted by Crippen LogP contribution is -1.86. The molecule has 0 saturated carbocycles. The van der Waals surface area contributed by atoms with Crippen molar-refractivity contribution in [3.8, 4) is 11.1 Å². The van der Waals surface area contributed by atoms with Crippen LogP contribution in [0.25, 0.3) is 43.4 Å². The van der Waals surface area contributed by atoms with Gasteiger partial charge < -0.3 is 0 Å². The molecule has 0 bridgehead atoms. The van der Waals surface area contributed by atoms with Gasteiger partial charge in [0.05, 0.1) is 0 Å². The lowest BCUT2D eigenvalue weighted by Gasteiger charge is -2.13. The quantitative estimate of drug-likeness (QED) is 0.262. The Bertz CT molecular complexity index is 1250. The number of halogens is 1. The molecule has 0 amide bonds. The molecular formula is C24H15Br. The third-order valence-electron chi connectivity index (χ3n) is 4.86. The predicted molar refractivity (Wildman–Crippen MR) is 112 cm³/mol. The molecule has 0 nitrogen and oxygen atoms in total. The number of hydrogen-bond donors (Lipinski definition) is 0. The van der Waals surface area contributed by atoms with Crippen molar-refractivity contribution in [1.82, 2.24) is 0 Å². The first-order valence-electron chi connectivity index (χ1n) is 8.40. The fourth-order valence-corrected chi connectivity index (χ4v) is 4.08. The Morgan fingerprint density at radius 2 is 1.20 bits per heavy atom.